The predicted octanol–water partition coefficient (Wildman–Crippen LogP) is 2.44. The molecule has 0 unspecified atom stereocenters. The van der Waals surface area contributed by atoms with Gasteiger partial charge in [-0.1, -0.05) is 30.3 Å². The highest BCUT2D eigenvalue weighted by Crippen LogP contribution is 2.46. The van der Waals surface area contributed by atoms with Gasteiger partial charge in [-0.2, -0.15) is 0 Å². The number of benzene rings is 2. The van der Waals surface area contributed by atoms with Crippen LogP contribution in [-0.2, 0) is 16.1 Å². The number of likely N-dealkylation sites (tertiary alicyclic amines) is 2. The van der Waals surface area contributed by atoms with Crippen LogP contribution in [0.2, 0.25) is 0 Å². The highest BCUT2D eigenvalue weighted by atomic mass is 16.4. The van der Waals surface area contributed by atoms with Gasteiger partial charge in [0, 0.05) is 50.3 Å². The van der Waals surface area contributed by atoms with Gasteiger partial charge in [0.1, 0.15) is 0 Å². The molecule has 1 aromatic heterocycles. The lowest BCUT2D eigenvalue weighted by molar-refractivity contribution is -0.122. The normalized spacial score (nSPS) is 24.5. The number of rotatable bonds is 6. The first-order valence-electron chi connectivity index (χ1n) is 12.5. The van der Waals surface area contributed by atoms with Crippen LogP contribution in [0.3, 0.4) is 0 Å². The molecule has 3 atom stereocenters. The van der Waals surface area contributed by atoms with E-state index in [4.69, 9.17) is 4.42 Å². The largest absolute Gasteiger partial charge is 0.419 e. The summed E-state index contributed by atoms with van der Waals surface area (Å²) in [6.07, 6.45) is 0.874. The minimum atomic E-state index is -0.426. The van der Waals surface area contributed by atoms with Gasteiger partial charge in [0.05, 0.1) is 17.6 Å². The summed E-state index contributed by atoms with van der Waals surface area (Å²) in [7, 11) is 2.11. The van der Waals surface area contributed by atoms with Gasteiger partial charge >= 0.3 is 5.76 Å². The van der Waals surface area contributed by atoms with Crippen LogP contribution in [0, 0.1) is 5.92 Å². The molecule has 0 bridgehead atoms. The second kappa shape index (κ2) is 9.55. The number of carbonyl (C=O) groups is 2. The van der Waals surface area contributed by atoms with Crippen molar-refractivity contribution < 1.29 is 14.0 Å². The zero-order valence-electron chi connectivity index (χ0n) is 21.0. The second-order valence-corrected chi connectivity index (χ2v) is 10.1. The summed E-state index contributed by atoms with van der Waals surface area (Å²) in [5.41, 5.74) is 2.57. The van der Waals surface area contributed by atoms with Crippen LogP contribution in [0.1, 0.15) is 31.9 Å². The number of hydrogen-bond acceptors (Lipinski definition) is 6. The van der Waals surface area contributed by atoms with Crippen molar-refractivity contribution in [2.45, 2.75) is 38.4 Å². The lowest BCUT2D eigenvalue weighted by Gasteiger charge is -2.45. The maximum absolute atomic E-state index is 13.0. The lowest BCUT2D eigenvalue weighted by atomic mass is 9.75. The molecule has 2 saturated heterocycles. The van der Waals surface area contributed by atoms with E-state index >= 15 is 0 Å². The molecule has 0 saturated carbocycles. The number of nitrogens with zero attached hydrogens (tertiary/aromatic N) is 3. The van der Waals surface area contributed by atoms with E-state index in [1.54, 1.807) is 29.7 Å². The molecule has 2 fully saturated rings. The quantitative estimate of drug-likeness (QED) is 0.550. The topological polar surface area (TPSA) is 99.8 Å². The number of nitrogens with one attached hydrogen (secondary N) is 2. The fourth-order valence-electron chi connectivity index (χ4n) is 6.31. The number of carbonyl (C=O) groups excluding carboxylic acids is 2. The number of aromatic nitrogens is 1. The molecule has 9 heteroatoms. The van der Waals surface area contributed by atoms with Crippen LogP contribution in [0.5, 0.6) is 0 Å². The van der Waals surface area contributed by atoms with Gasteiger partial charge in [0.25, 0.3) is 0 Å². The Morgan fingerprint density at radius 2 is 1.92 bits per heavy atom. The van der Waals surface area contributed by atoms with Gasteiger partial charge in [-0.3, -0.25) is 24.0 Å². The first-order chi connectivity index (χ1) is 17.3. The van der Waals surface area contributed by atoms with E-state index in [-0.39, 0.29) is 30.3 Å². The summed E-state index contributed by atoms with van der Waals surface area (Å²) >= 11 is 0. The summed E-state index contributed by atoms with van der Waals surface area (Å²) in [6.45, 7) is 6.27. The number of amides is 2. The Hall–Kier alpha value is -3.43. The maximum atomic E-state index is 13.0. The Kier molecular flexibility index (Phi) is 6.44. The smallest absolute Gasteiger partial charge is 0.408 e. The molecule has 2 N–H and O–H groups in total. The number of hydrogen-bond donors (Lipinski definition) is 2. The van der Waals surface area contributed by atoms with Crippen LogP contribution in [0.15, 0.2) is 57.7 Å². The molecule has 0 spiro atoms. The Labute approximate surface area is 210 Å². The van der Waals surface area contributed by atoms with Crippen LogP contribution in [0.4, 0.5) is 5.69 Å². The molecule has 2 aliphatic rings. The summed E-state index contributed by atoms with van der Waals surface area (Å²) in [5.74, 6) is -0.352. The summed E-state index contributed by atoms with van der Waals surface area (Å²) in [6, 6.07) is 15.9. The molecule has 9 nitrogen and oxygen atoms in total. The minimum Gasteiger partial charge on any atom is -0.408 e. The van der Waals surface area contributed by atoms with Gasteiger partial charge in [0.2, 0.25) is 11.8 Å². The van der Waals surface area contributed by atoms with Crippen molar-refractivity contribution in [1.29, 1.82) is 0 Å². The van der Waals surface area contributed by atoms with Gasteiger partial charge in [-0.25, -0.2) is 4.79 Å². The van der Waals surface area contributed by atoms with Crippen molar-refractivity contribution >= 4 is 28.6 Å². The molecule has 0 radical (unpaired) electrons. The predicted molar refractivity (Wildman–Crippen MR) is 138 cm³/mol. The molecule has 0 aliphatic carbocycles. The Morgan fingerprint density at radius 3 is 2.64 bits per heavy atom. The Bertz CT molecular complexity index is 1330. The average Bonchev–Trinajstić information content (AvgIpc) is 3.29. The fourth-order valence-corrected chi connectivity index (χ4v) is 6.31. The van der Waals surface area contributed by atoms with Crippen molar-refractivity contribution in [1.82, 2.24) is 19.7 Å². The number of oxazole rings is 1. The molecular weight excluding hydrogens is 458 g/mol. The lowest BCUT2D eigenvalue weighted by Crippen LogP contribution is -2.64. The Balaban J connectivity index is 1.31. The number of anilines is 1. The van der Waals surface area contributed by atoms with Crippen molar-refractivity contribution in [3.05, 3.63) is 64.6 Å². The van der Waals surface area contributed by atoms with E-state index in [1.807, 2.05) is 13.0 Å². The highest BCUT2D eigenvalue weighted by molar-refractivity contribution is 5.94. The van der Waals surface area contributed by atoms with Crippen molar-refractivity contribution in [3.63, 3.8) is 0 Å². The van der Waals surface area contributed by atoms with E-state index in [0.29, 0.717) is 29.9 Å². The number of piperidine rings is 1. The molecule has 36 heavy (non-hydrogen) atoms. The van der Waals surface area contributed by atoms with Crippen LogP contribution in [0.25, 0.3) is 11.1 Å². The van der Waals surface area contributed by atoms with Gasteiger partial charge in [0.15, 0.2) is 5.58 Å². The number of aryl methyl sites for hydroxylation is 1. The van der Waals surface area contributed by atoms with E-state index in [9.17, 15) is 14.4 Å². The van der Waals surface area contributed by atoms with E-state index in [0.717, 1.165) is 19.5 Å². The first kappa shape index (κ1) is 24.3. The molecule has 2 aromatic carbocycles. The second-order valence-electron chi connectivity index (χ2n) is 10.1. The zero-order valence-corrected chi connectivity index (χ0v) is 21.0. The maximum Gasteiger partial charge on any atom is 0.419 e. The van der Waals surface area contributed by atoms with Gasteiger partial charge < -0.3 is 15.1 Å². The molecule has 190 valence electrons. The molecule has 3 heterocycles. The first-order valence-corrected chi connectivity index (χ1v) is 12.5. The van der Waals surface area contributed by atoms with E-state index in [2.05, 4.69) is 51.7 Å². The molecular formula is C27H33N5O4. The van der Waals surface area contributed by atoms with E-state index < -0.39 is 11.3 Å². The monoisotopic (exact) mass is 491 g/mol. The standard InChI is InChI=1S/C27H33N5O4/c1-4-32-22-11-10-20(14-23(22)36-26(32)35)28-24(34)15-31-13-12-21-25(19-8-6-5-7-9-19)30(3)16-27(21,17-31)29-18(2)33/h5-11,14,21,25H,4,12-13,15-17H2,1-3H3,(H,28,34)(H,29,33)/t21-,25-,27+/m1/s1. The van der Waals surface area contributed by atoms with Crippen LogP contribution >= 0.6 is 0 Å². The summed E-state index contributed by atoms with van der Waals surface area (Å²) in [5, 5.41) is 6.21. The van der Waals surface area contributed by atoms with Gasteiger partial charge in [-0.05, 0) is 44.6 Å². The molecule has 2 amide bonds. The summed E-state index contributed by atoms with van der Waals surface area (Å²) in [4.78, 5) is 41.6. The van der Waals surface area contributed by atoms with Crippen LogP contribution < -0.4 is 16.4 Å². The van der Waals surface area contributed by atoms with Crippen molar-refractivity contribution in [3.8, 4) is 0 Å². The minimum absolute atomic E-state index is 0.0535. The highest BCUT2D eigenvalue weighted by Gasteiger charge is 2.54. The van der Waals surface area contributed by atoms with Gasteiger partial charge in [-0.15, -0.1) is 0 Å². The zero-order chi connectivity index (χ0) is 25.4. The number of likely N-dealkylation sites (N-methyl/N-ethyl adjacent to an activating group) is 1. The van der Waals surface area contributed by atoms with E-state index in [1.165, 1.54) is 5.56 Å². The average molecular weight is 492 g/mol. The van der Waals surface area contributed by atoms with Crippen molar-refractivity contribution in [2.24, 2.45) is 5.92 Å². The Morgan fingerprint density at radius 1 is 1.14 bits per heavy atom. The third kappa shape index (κ3) is 4.44. The molecule has 5 rings (SSSR count). The van der Waals surface area contributed by atoms with Crippen LogP contribution in [-0.4, -0.2) is 64.9 Å². The SMILES string of the molecule is CCn1c(=O)oc2cc(NC(=O)CN3CC[C@@H]4[C@@H](c5ccccc5)N(C)C[C@]4(NC(C)=O)C3)ccc21. The fraction of sp³-hybridized carbons (Fsp3) is 0.444. The third-order valence-corrected chi connectivity index (χ3v) is 7.56. The third-order valence-electron chi connectivity index (χ3n) is 7.56. The molecule has 3 aromatic rings. The number of fused-ring (bicyclic) bond motifs is 2. The van der Waals surface area contributed by atoms with Crippen molar-refractivity contribution in [2.75, 3.05) is 38.5 Å². The summed E-state index contributed by atoms with van der Waals surface area (Å²) < 4.78 is 6.87. The molecule has 2 aliphatic heterocycles.